The Morgan fingerprint density at radius 1 is 1.12 bits per heavy atom. The van der Waals surface area contributed by atoms with Gasteiger partial charge in [0, 0.05) is 44.2 Å². The van der Waals surface area contributed by atoms with E-state index in [-0.39, 0.29) is 45.9 Å². The Morgan fingerprint density at radius 3 is 2.44 bits per heavy atom. The number of aromatic nitrogens is 2. The van der Waals surface area contributed by atoms with Crippen LogP contribution in [0.2, 0.25) is 5.15 Å². The van der Waals surface area contributed by atoms with Crippen LogP contribution in [0.5, 0.6) is 0 Å². The summed E-state index contributed by atoms with van der Waals surface area (Å²) in [5.74, 6) is 2.17. The maximum atomic E-state index is 13.4. The van der Waals surface area contributed by atoms with Gasteiger partial charge in [-0.3, -0.25) is 14.5 Å². The molecule has 186 valence electrons. The van der Waals surface area contributed by atoms with Gasteiger partial charge in [0.15, 0.2) is 28.4 Å². The number of hydrogen-bond donors (Lipinski definition) is 4. The van der Waals surface area contributed by atoms with Crippen molar-refractivity contribution in [2.75, 3.05) is 55.7 Å². The van der Waals surface area contributed by atoms with Gasteiger partial charge in [-0.2, -0.15) is 16.8 Å². The Bertz CT molecular complexity index is 975. The summed E-state index contributed by atoms with van der Waals surface area (Å²) < 4.78 is 0. The third-order valence-corrected chi connectivity index (χ3v) is 7.87. The number of hydrogen-bond acceptors (Lipinski definition) is 8. The number of nitrogens with zero attached hydrogens (tertiary/aromatic N) is 5. The quantitative estimate of drug-likeness (QED) is 0.448. The Balaban J connectivity index is 1.38. The number of carbonyl (C=O) groups is 2. The van der Waals surface area contributed by atoms with E-state index in [9.17, 15) is 9.59 Å². The first kappa shape index (κ1) is 24.8. The molecule has 13 heteroatoms. The third-order valence-electron chi connectivity index (χ3n) is 6.65. The van der Waals surface area contributed by atoms with E-state index in [4.69, 9.17) is 23.1 Å². The second kappa shape index (κ2) is 10.1. The van der Waals surface area contributed by atoms with Crippen molar-refractivity contribution >= 4 is 52.8 Å². The standard InChI is InChI=1S/C21H32ClN9O2S/c1-12(2)14(30-7-9-34-10-8-30)19(33)31-5-3-21(4-6-31)11-25-20(29-21)28-18(32)13-16(23)27-17(24)15(22)26-13/h12,14H,3-11H2,1-2H3,(H4,23,24,27)(H2,25,28,29,32). The number of thioether (sulfide) groups is 1. The topological polar surface area (TPSA) is 155 Å². The van der Waals surface area contributed by atoms with Crippen molar-refractivity contribution in [3.05, 3.63) is 10.8 Å². The SMILES string of the molecule is CC(C)C(C(=O)N1CCC2(CC1)CN/C(=N\C(=O)c1nc(Cl)c(N)nc1N)N2)N1CCSCC1. The molecule has 1 unspecified atom stereocenters. The molecule has 11 nitrogen and oxygen atoms in total. The van der Waals surface area contributed by atoms with Gasteiger partial charge >= 0.3 is 5.91 Å². The van der Waals surface area contributed by atoms with Crippen molar-refractivity contribution in [1.82, 2.24) is 30.4 Å². The lowest BCUT2D eigenvalue weighted by molar-refractivity contribution is -0.140. The molecule has 3 aliphatic heterocycles. The van der Waals surface area contributed by atoms with Crippen molar-refractivity contribution in [3.63, 3.8) is 0 Å². The minimum absolute atomic E-state index is 0.0420. The van der Waals surface area contributed by atoms with Gasteiger partial charge in [0.05, 0.1) is 11.6 Å². The third kappa shape index (κ3) is 5.18. The largest absolute Gasteiger partial charge is 0.382 e. The van der Waals surface area contributed by atoms with E-state index in [0.717, 1.165) is 37.4 Å². The Hall–Kier alpha value is -2.31. The first-order chi connectivity index (χ1) is 16.2. The molecule has 0 aromatic carbocycles. The molecule has 2 amide bonds. The lowest BCUT2D eigenvalue weighted by Crippen LogP contribution is -2.58. The van der Waals surface area contributed by atoms with E-state index in [1.807, 2.05) is 16.7 Å². The molecule has 1 spiro atoms. The number of piperidine rings is 1. The molecular formula is C21H32ClN9O2S. The van der Waals surface area contributed by atoms with E-state index in [1.165, 1.54) is 0 Å². The zero-order valence-corrected chi connectivity index (χ0v) is 21.1. The number of halogens is 1. The molecule has 6 N–H and O–H groups in total. The zero-order chi connectivity index (χ0) is 24.5. The van der Waals surface area contributed by atoms with Crippen molar-refractivity contribution in [1.29, 1.82) is 0 Å². The number of amides is 2. The molecule has 4 heterocycles. The van der Waals surface area contributed by atoms with E-state index < -0.39 is 5.91 Å². The highest BCUT2D eigenvalue weighted by molar-refractivity contribution is 7.99. The molecule has 1 aromatic heterocycles. The van der Waals surface area contributed by atoms with Gasteiger partial charge in [-0.05, 0) is 18.8 Å². The highest BCUT2D eigenvalue weighted by Crippen LogP contribution is 2.27. The lowest BCUT2D eigenvalue weighted by Gasteiger charge is -2.43. The molecule has 0 aliphatic carbocycles. The van der Waals surface area contributed by atoms with Crippen LogP contribution in [0.4, 0.5) is 11.6 Å². The fraction of sp³-hybridized carbons (Fsp3) is 0.667. The summed E-state index contributed by atoms with van der Waals surface area (Å²) in [4.78, 5) is 42.1. The zero-order valence-electron chi connectivity index (χ0n) is 19.5. The molecule has 1 aromatic rings. The van der Waals surface area contributed by atoms with Crippen molar-refractivity contribution in [2.45, 2.75) is 38.3 Å². The number of rotatable bonds is 4. The maximum Gasteiger partial charge on any atom is 0.302 e. The van der Waals surface area contributed by atoms with Crippen LogP contribution >= 0.6 is 23.4 Å². The summed E-state index contributed by atoms with van der Waals surface area (Å²) in [7, 11) is 0. The van der Waals surface area contributed by atoms with Crippen LogP contribution in [-0.4, -0.2) is 93.4 Å². The summed E-state index contributed by atoms with van der Waals surface area (Å²) >= 11 is 7.82. The van der Waals surface area contributed by atoms with Crippen LogP contribution in [0.3, 0.4) is 0 Å². The minimum atomic E-state index is -0.661. The molecular weight excluding hydrogens is 478 g/mol. The molecule has 4 rings (SSSR count). The predicted molar refractivity (Wildman–Crippen MR) is 135 cm³/mol. The number of nitrogens with one attached hydrogen (secondary N) is 2. The lowest BCUT2D eigenvalue weighted by atomic mass is 9.87. The first-order valence-electron chi connectivity index (χ1n) is 11.5. The van der Waals surface area contributed by atoms with Gasteiger partial charge in [0.2, 0.25) is 5.91 Å². The second-order valence-electron chi connectivity index (χ2n) is 9.32. The minimum Gasteiger partial charge on any atom is -0.382 e. The average molecular weight is 510 g/mol. The number of guanidine groups is 1. The molecule has 0 saturated carbocycles. The highest BCUT2D eigenvalue weighted by Gasteiger charge is 2.42. The van der Waals surface area contributed by atoms with Crippen molar-refractivity contribution < 1.29 is 9.59 Å². The van der Waals surface area contributed by atoms with Crippen LogP contribution in [-0.2, 0) is 4.79 Å². The van der Waals surface area contributed by atoms with Gasteiger partial charge in [-0.1, -0.05) is 25.4 Å². The predicted octanol–water partition coefficient (Wildman–Crippen LogP) is 0.418. The number of likely N-dealkylation sites (tertiary alicyclic amines) is 1. The Labute approximate surface area is 208 Å². The molecule has 1 atom stereocenters. The number of anilines is 2. The molecule has 3 fully saturated rings. The van der Waals surface area contributed by atoms with Crippen LogP contribution in [0.15, 0.2) is 4.99 Å². The van der Waals surface area contributed by atoms with Crippen molar-refractivity contribution in [2.24, 2.45) is 10.9 Å². The maximum absolute atomic E-state index is 13.4. The van der Waals surface area contributed by atoms with E-state index in [1.54, 1.807) is 0 Å². The smallest absolute Gasteiger partial charge is 0.302 e. The van der Waals surface area contributed by atoms with E-state index in [2.05, 4.69) is 44.3 Å². The second-order valence-corrected chi connectivity index (χ2v) is 10.9. The fourth-order valence-corrected chi connectivity index (χ4v) is 5.83. The summed E-state index contributed by atoms with van der Waals surface area (Å²) in [5.41, 5.74) is 10.9. The average Bonchev–Trinajstić information content (AvgIpc) is 3.18. The highest BCUT2D eigenvalue weighted by atomic mass is 35.5. The van der Waals surface area contributed by atoms with Crippen LogP contribution in [0, 0.1) is 5.92 Å². The molecule has 0 radical (unpaired) electrons. The number of nitrogens with two attached hydrogens (primary N) is 2. The molecule has 34 heavy (non-hydrogen) atoms. The summed E-state index contributed by atoms with van der Waals surface area (Å²) in [6, 6.07) is -0.0716. The first-order valence-corrected chi connectivity index (χ1v) is 13.1. The number of aliphatic imine (C=N–C) groups is 1. The monoisotopic (exact) mass is 509 g/mol. The van der Waals surface area contributed by atoms with E-state index >= 15 is 0 Å². The van der Waals surface area contributed by atoms with Gasteiger partial charge in [-0.15, -0.1) is 0 Å². The Kier molecular flexibility index (Phi) is 7.39. The van der Waals surface area contributed by atoms with Gasteiger partial charge in [0.1, 0.15) is 0 Å². The van der Waals surface area contributed by atoms with E-state index in [0.29, 0.717) is 25.6 Å². The normalized spacial score (nSPS) is 22.6. The summed E-state index contributed by atoms with van der Waals surface area (Å²) in [5, 5.41) is 6.41. The number of carbonyl (C=O) groups excluding carboxylic acids is 2. The number of nitrogen functional groups attached to an aromatic ring is 2. The molecule has 3 aliphatic rings. The summed E-state index contributed by atoms with van der Waals surface area (Å²) in [6.07, 6.45) is 1.52. The van der Waals surface area contributed by atoms with Gasteiger partial charge in [-0.25, -0.2) is 9.97 Å². The molecule has 0 bridgehead atoms. The van der Waals surface area contributed by atoms with Crippen molar-refractivity contribution in [3.8, 4) is 0 Å². The van der Waals surface area contributed by atoms with Gasteiger partial charge < -0.3 is 27.0 Å². The van der Waals surface area contributed by atoms with Crippen LogP contribution in [0.1, 0.15) is 37.2 Å². The molecule has 3 saturated heterocycles. The Morgan fingerprint density at radius 2 is 1.79 bits per heavy atom. The van der Waals surface area contributed by atoms with Gasteiger partial charge in [0.25, 0.3) is 0 Å². The summed E-state index contributed by atoms with van der Waals surface area (Å²) in [6.45, 7) is 8.11. The van der Waals surface area contributed by atoms with Crippen LogP contribution < -0.4 is 22.1 Å². The fourth-order valence-electron chi connectivity index (χ4n) is 4.78. The van der Waals surface area contributed by atoms with Crippen LogP contribution in [0.25, 0.3) is 0 Å².